The van der Waals surface area contributed by atoms with E-state index in [0.717, 1.165) is 89.9 Å². The van der Waals surface area contributed by atoms with Crippen molar-refractivity contribution in [2.24, 2.45) is 0 Å². The first-order valence-corrected chi connectivity index (χ1v) is 27.6. The van der Waals surface area contributed by atoms with E-state index in [0.29, 0.717) is 19.3 Å². The summed E-state index contributed by atoms with van der Waals surface area (Å²) in [6.07, 6.45) is 64.1. The second-order valence-corrected chi connectivity index (χ2v) is 18.5. The van der Waals surface area contributed by atoms with Crippen LogP contribution in [-0.4, -0.2) is 37.2 Å². The molecule has 0 aromatic rings. The number of hydrogen-bond acceptors (Lipinski definition) is 6. The lowest BCUT2D eigenvalue weighted by Gasteiger charge is -2.18. The zero-order chi connectivity index (χ0) is 46.5. The van der Waals surface area contributed by atoms with Crippen LogP contribution in [0.25, 0.3) is 0 Å². The summed E-state index contributed by atoms with van der Waals surface area (Å²) in [5, 5.41) is 0. The zero-order valence-electron chi connectivity index (χ0n) is 42.6. The Labute approximate surface area is 397 Å². The number of esters is 3. The van der Waals surface area contributed by atoms with Gasteiger partial charge in [0.2, 0.25) is 0 Å². The number of carbonyl (C=O) groups is 3. The van der Waals surface area contributed by atoms with Crippen LogP contribution in [0.1, 0.15) is 284 Å². The van der Waals surface area contributed by atoms with E-state index >= 15 is 0 Å². The molecule has 0 aliphatic rings. The van der Waals surface area contributed by atoms with E-state index in [1.807, 2.05) is 0 Å². The Morgan fingerprint density at radius 2 is 0.578 bits per heavy atom. The van der Waals surface area contributed by atoms with Gasteiger partial charge in [0.05, 0.1) is 0 Å². The van der Waals surface area contributed by atoms with Crippen LogP contribution >= 0.6 is 0 Å². The lowest BCUT2D eigenvalue weighted by molar-refractivity contribution is -0.167. The van der Waals surface area contributed by atoms with Crippen molar-refractivity contribution < 1.29 is 28.6 Å². The standard InChI is InChI=1S/C58H104O6/c1-4-7-10-13-16-18-20-22-24-25-26-27-28-29-30-31-32-33-34-36-37-39-42-45-48-51-57(60)63-54-55(53-62-56(59)50-47-44-41-15-12-9-6-3)64-58(61)52-49-46-43-40-38-35-23-21-19-17-14-11-8-5-2/h14,17,20-23,25-26,55H,4-13,15-16,18-19,24,27-54H2,1-3H3/b17-14-,22-20-,23-21-,26-25-. The Morgan fingerprint density at radius 1 is 0.312 bits per heavy atom. The van der Waals surface area contributed by atoms with Crippen molar-refractivity contribution in [3.05, 3.63) is 48.6 Å². The number of allylic oxidation sites excluding steroid dienone is 8. The van der Waals surface area contributed by atoms with Gasteiger partial charge in [-0.2, -0.15) is 0 Å². The van der Waals surface area contributed by atoms with Crippen molar-refractivity contribution >= 4 is 17.9 Å². The minimum Gasteiger partial charge on any atom is -0.462 e. The van der Waals surface area contributed by atoms with Crippen molar-refractivity contribution in [2.75, 3.05) is 13.2 Å². The van der Waals surface area contributed by atoms with Crippen LogP contribution in [-0.2, 0) is 28.6 Å². The maximum absolute atomic E-state index is 12.8. The van der Waals surface area contributed by atoms with Gasteiger partial charge in [-0.1, -0.05) is 236 Å². The Balaban J connectivity index is 4.13. The molecule has 0 N–H and O–H groups in total. The molecule has 0 saturated heterocycles. The molecule has 0 radical (unpaired) electrons. The Hall–Kier alpha value is -2.63. The van der Waals surface area contributed by atoms with Crippen molar-refractivity contribution in [1.29, 1.82) is 0 Å². The second kappa shape index (κ2) is 53.0. The Bertz CT molecular complexity index is 1120. The third-order valence-electron chi connectivity index (χ3n) is 12.1. The van der Waals surface area contributed by atoms with Gasteiger partial charge < -0.3 is 14.2 Å². The van der Waals surface area contributed by atoms with E-state index in [-0.39, 0.29) is 31.1 Å². The van der Waals surface area contributed by atoms with Crippen LogP contribution < -0.4 is 0 Å². The summed E-state index contributed by atoms with van der Waals surface area (Å²) in [5.74, 6) is -0.890. The molecular weight excluding hydrogens is 793 g/mol. The number of unbranched alkanes of at least 4 members (excludes halogenated alkanes) is 31. The first-order chi connectivity index (χ1) is 31.5. The van der Waals surface area contributed by atoms with E-state index in [2.05, 4.69) is 69.4 Å². The third-order valence-corrected chi connectivity index (χ3v) is 12.1. The highest BCUT2D eigenvalue weighted by Gasteiger charge is 2.19. The molecule has 0 heterocycles. The molecule has 0 rings (SSSR count). The van der Waals surface area contributed by atoms with E-state index in [4.69, 9.17) is 14.2 Å². The zero-order valence-corrected chi connectivity index (χ0v) is 42.6. The molecule has 0 bridgehead atoms. The van der Waals surface area contributed by atoms with E-state index < -0.39 is 6.10 Å². The maximum Gasteiger partial charge on any atom is 0.306 e. The topological polar surface area (TPSA) is 78.9 Å². The molecule has 1 atom stereocenters. The molecular formula is C58H104O6. The van der Waals surface area contributed by atoms with Crippen molar-refractivity contribution in [3.8, 4) is 0 Å². The Morgan fingerprint density at radius 3 is 0.906 bits per heavy atom. The number of rotatable bonds is 50. The normalized spacial score (nSPS) is 12.4. The van der Waals surface area contributed by atoms with Gasteiger partial charge in [0.25, 0.3) is 0 Å². The average Bonchev–Trinajstić information content (AvgIpc) is 3.29. The van der Waals surface area contributed by atoms with Gasteiger partial charge in [0.1, 0.15) is 13.2 Å². The molecule has 0 aliphatic carbocycles. The minimum atomic E-state index is -0.776. The summed E-state index contributed by atoms with van der Waals surface area (Å²) in [6.45, 7) is 6.55. The third kappa shape index (κ3) is 50.4. The molecule has 6 heteroatoms. The summed E-state index contributed by atoms with van der Waals surface area (Å²) >= 11 is 0. The van der Waals surface area contributed by atoms with Crippen LogP contribution in [0.4, 0.5) is 0 Å². The predicted molar refractivity (Wildman–Crippen MR) is 275 cm³/mol. The van der Waals surface area contributed by atoms with Gasteiger partial charge in [-0.15, -0.1) is 0 Å². The van der Waals surface area contributed by atoms with E-state index in [1.54, 1.807) is 0 Å². The molecule has 0 spiro atoms. The van der Waals surface area contributed by atoms with Crippen LogP contribution in [0.3, 0.4) is 0 Å². The first-order valence-electron chi connectivity index (χ1n) is 27.6. The van der Waals surface area contributed by atoms with Crippen LogP contribution in [0, 0.1) is 0 Å². The van der Waals surface area contributed by atoms with Crippen LogP contribution in [0.15, 0.2) is 48.6 Å². The van der Waals surface area contributed by atoms with Gasteiger partial charge in [-0.25, -0.2) is 0 Å². The molecule has 1 unspecified atom stereocenters. The molecule has 372 valence electrons. The highest BCUT2D eigenvalue weighted by Crippen LogP contribution is 2.15. The lowest BCUT2D eigenvalue weighted by atomic mass is 10.0. The molecule has 0 aromatic heterocycles. The Kier molecular flexibility index (Phi) is 50.8. The second-order valence-electron chi connectivity index (χ2n) is 18.5. The van der Waals surface area contributed by atoms with Gasteiger partial charge in [0, 0.05) is 19.3 Å². The fraction of sp³-hybridized carbons (Fsp3) is 0.810. The fourth-order valence-corrected chi connectivity index (χ4v) is 7.84. The first kappa shape index (κ1) is 61.4. The van der Waals surface area contributed by atoms with Gasteiger partial charge in [-0.05, 0) is 77.0 Å². The SMILES string of the molecule is CCCC/C=C\C/C=C\CCCCCCCC(=O)OC(COC(=O)CCCCCCCCC)COC(=O)CCCCCCCCCCCCCCC/C=C\C/C=C\CCCCCCC. The number of ether oxygens (including phenoxy) is 3. The van der Waals surface area contributed by atoms with Gasteiger partial charge in [-0.3, -0.25) is 14.4 Å². The molecule has 0 fully saturated rings. The summed E-state index contributed by atoms with van der Waals surface area (Å²) in [7, 11) is 0. The smallest absolute Gasteiger partial charge is 0.306 e. The summed E-state index contributed by atoms with van der Waals surface area (Å²) in [5.41, 5.74) is 0. The summed E-state index contributed by atoms with van der Waals surface area (Å²) in [4.78, 5) is 37.8. The van der Waals surface area contributed by atoms with Crippen LogP contribution in [0.5, 0.6) is 0 Å². The maximum atomic E-state index is 12.8. The molecule has 0 aliphatic heterocycles. The lowest BCUT2D eigenvalue weighted by Crippen LogP contribution is -2.30. The molecule has 64 heavy (non-hydrogen) atoms. The quantitative estimate of drug-likeness (QED) is 0.0262. The van der Waals surface area contributed by atoms with Crippen LogP contribution in [0.2, 0.25) is 0 Å². The highest BCUT2D eigenvalue weighted by atomic mass is 16.6. The van der Waals surface area contributed by atoms with E-state index in [9.17, 15) is 14.4 Å². The number of hydrogen-bond donors (Lipinski definition) is 0. The van der Waals surface area contributed by atoms with Gasteiger partial charge >= 0.3 is 17.9 Å². The average molecular weight is 897 g/mol. The minimum absolute atomic E-state index is 0.0773. The highest BCUT2D eigenvalue weighted by molar-refractivity contribution is 5.71. The molecule has 0 saturated carbocycles. The summed E-state index contributed by atoms with van der Waals surface area (Å²) < 4.78 is 16.7. The van der Waals surface area contributed by atoms with Crippen molar-refractivity contribution in [2.45, 2.75) is 290 Å². The van der Waals surface area contributed by atoms with Crippen molar-refractivity contribution in [1.82, 2.24) is 0 Å². The predicted octanol–water partition coefficient (Wildman–Crippen LogP) is 18.3. The summed E-state index contributed by atoms with van der Waals surface area (Å²) in [6, 6.07) is 0. The number of carbonyl (C=O) groups excluding carboxylic acids is 3. The van der Waals surface area contributed by atoms with Crippen molar-refractivity contribution in [3.63, 3.8) is 0 Å². The largest absolute Gasteiger partial charge is 0.462 e. The van der Waals surface area contributed by atoms with E-state index in [1.165, 1.54) is 154 Å². The molecule has 0 aromatic carbocycles. The molecule has 6 nitrogen and oxygen atoms in total. The fourth-order valence-electron chi connectivity index (χ4n) is 7.84. The molecule has 0 amide bonds. The van der Waals surface area contributed by atoms with Gasteiger partial charge in [0.15, 0.2) is 6.10 Å². The monoisotopic (exact) mass is 897 g/mol.